The van der Waals surface area contributed by atoms with Crippen LogP contribution in [0.4, 0.5) is 0 Å². The maximum absolute atomic E-state index is 12.4. The molecule has 1 aliphatic rings. The molecule has 3 aromatic carbocycles. The molecule has 0 radical (unpaired) electrons. The summed E-state index contributed by atoms with van der Waals surface area (Å²) in [5.41, 5.74) is 2.89. The van der Waals surface area contributed by atoms with Gasteiger partial charge in [0.25, 0.3) is 0 Å². The standard InChI is InChI=1S/C25H18ClNO5/c1-15-3-6-18(7-4-15)24(28)31-21-12-5-16(14-22(21)30-2)13-20-25(29)32-23(27-20)17-8-10-19(26)11-9-17/h3-14H,1-2H3/b20-13-. The Labute approximate surface area is 189 Å². The number of rotatable bonds is 5. The summed E-state index contributed by atoms with van der Waals surface area (Å²) in [7, 11) is 1.47. The second-order valence-electron chi connectivity index (χ2n) is 7.01. The first-order valence-electron chi connectivity index (χ1n) is 9.68. The first-order chi connectivity index (χ1) is 15.4. The summed E-state index contributed by atoms with van der Waals surface area (Å²) in [6, 6.07) is 18.8. The Kier molecular flexibility index (Phi) is 6.05. The van der Waals surface area contributed by atoms with E-state index in [0.717, 1.165) is 5.56 Å². The summed E-state index contributed by atoms with van der Waals surface area (Å²) in [4.78, 5) is 28.9. The van der Waals surface area contributed by atoms with Crippen LogP contribution in [0.2, 0.25) is 5.02 Å². The third-order valence-corrected chi connectivity index (χ3v) is 4.94. The quantitative estimate of drug-likeness (QED) is 0.304. The van der Waals surface area contributed by atoms with Gasteiger partial charge in [-0.2, -0.15) is 0 Å². The molecule has 160 valence electrons. The van der Waals surface area contributed by atoms with Crippen LogP contribution in [0.15, 0.2) is 77.4 Å². The number of hydrogen-bond donors (Lipinski definition) is 0. The number of ether oxygens (including phenoxy) is 3. The fourth-order valence-electron chi connectivity index (χ4n) is 2.99. The highest BCUT2D eigenvalue weighted by Gasteiger charge is 2.24. The number of carbonyl (C=O) groups is 2. The summed E-state index contributed by atoms with van der Waals surface area (Å²) >= 11 is 5.89. The first-order valence-corrected chi connectivity index (χ1v) is 10.1. The number of hydrogen-bond acceptors (Lipinski definition) is 6. The Balaban J connectivity index is 1.56. The zero-order valence-corrected chi connectivity index (χ0v) is 18.1. The van der Waals surface area contributed by atoms with Crippen molar-refractivity contribution in [2.75, 3.05) is 7.11 Å². The van der Waals surface area contributed by atoms with Crippen LogP contribution in [0.5, 0.6) is 11.5 Å². The van der Waals surface area contributed by atoms with Gasteiger partial charge in [-0.25, -0.2) is 14.6 Å². The Morgan fingerprint density at radius 2 is 1.72 bits per heavy atom. The molecule has 0 unspecified atom stereocenters. The van der Waals surface area contributed by atoms with Gasteiger partial charge in [0, 0.05) is 10.6 Å². The van der Waals surface area contributed by atoms with E-state index in [1.165, 1.54) is 7.11 Å². The van der Waals surface area contributed by atoms with E-state index in [4.69, 9.17) is 25.8 Å². The van der Waals surface area contributed by atoms with Gasteiger partial charge < -0.3 is 14.2 Å². The molecule has 4 rings (SSSR count). The number of methoxy groups -OCH3 is 1. The fourth-order valence-corrected chi connectivity index (χ4v) is 3.12. The number of aliphatic imine (C=N–C) groups is 1. The van der Waals surface area contributed by atoms with Gasteiger partial charge in [0.1, 0.15) is 0 Å². The van der Waals surface area contributed by atoms with Gasteiger partial charge in [-0.15, -0.1) is 0 Å². The maximum Gasteiger partial charge on any atom is 0.363 e. The lowest BCUT2D eigenvalue weighted by Gasteiger charge is -2.10. The minimum Gasteiger partial charge on any atom is -0.493 e. The predicted octanol–water partition coefficient (Wildman–Crippen LogP) is 5.22. The molecular weight excluding hydrogens is 430 g/mol. The molecule has 1 heterocycles. The van der Waals surface area contributed by atoms with Crippen LogP contribution in [0.25, 0.3) is 6.08 Å². The highest BCUT2D eigenvalue weighted by molar-refractivity contribution is 6.30. The van der Waals surface area contributed by atoms with Crippen LogP contribution in [0.3, 0.4) is 0 Å². The number of esters is 2. The summed E-state index contributed by atoms with van der Waals surface area (Å²) < 4.78 is 16.1. The molecule has 0 bridgehead atoms. The van der Waals surface area contributed by atoms with Gasteiger partial charge >= 0.3 is 11.9 Å². The first kappa shape index (κ1) is 21.3. The number of halogens is 1. The van der Waals surface area contributed by atoms with Crippen LogP contribution in [0.1, 0.15) is 27.0 Å². The molecule has 1 aliphatic heterocycles. The second kappa shape index (κ2) is 9.08. The molecule has 0 aliphatic carbocycles. The smallest absolute Gasteiger partial charge is 0.363 e. The van der Waals surface area contributed by atoms with Gasteiger partial charge in [0.2, 0.25) is 5.90 Å². The zero-order chi connectivity index (χ0) is 22.7. The molecule has 7 heteroatoms. The predicted molar refractivity (Wildman–Crippen MR) is 121 cm³/mol. The molecule has 0 amide bonds. The Morgan fingerprint density at radius 3 is 2.41 bits per heavy atom. The van der Waals surface area contributed by atoms with Crippen molar-refractivity contribution < 1.29 is 23.8 Å². The summed E-state index contributed by atoms with van der Waals surface area (Å²) in [5.74, 6) is -0.254. The topological polar surface area (TPSA) is 74.2 Å². The molecule has 3 aromatic rings. The largest absolute Gasteiger partial charge is 0.493 e. The monoisotopic (exact) mass is 447 g/mol. The van der Waals surface area contributed by atoms with Gasteiger partial charge in [-0.05, 0) is 67.1 Å². The number of carbonyl (C=O) groups excluding carboxylic acids is 2. The van der Waals surface area contributed by atoms with Gasteiger partial charge in [0.15, 0.2) is 17.2 Å². The second-order valence-corrected chi connectivity index (χ2v) is 7.45. The third-order valence-electron chi connectivity index (χ3n) is 4.69. The maximum atomic E-state index is 12.4. The number of nitrogens with zero attached hydrogens (tertiary/aromatic N) is 1. The third kappa shape index (κ3) is 4.71. The van der Waals surface area contributed by atoms with E-state index in [1.54, 1.807) is 60.7 Å². The number of cyclic esters (lactones) is 1. The van der Waals surface area contributed by atoms with E-state index in [2.05, 4.69) is 4.99 Å². The van der Waals surface area contributed by atoms with Crippen molar-refractivity contribution in [3.05, 3.63) is 99.7 Å². The van der Waals surface area contributed by atoms with E-state index < -0.39 is 11.9 Å². The molecule has 0 fully saturated rings. The molecule has 0 N–H and O–H groups in total. The van der Waals surface area contributed by atoms with E-state index in [0.29, 0.717) is 27.5 Å². The van der Waals surface area contributed by atoms with Crippen molar-refractivity contribution in [2.45, 2.75) is 6.92 Å². The average Bonchev–Trinajstić information content (AvgIpc) is 3.15. The summed E-state index contributed by atoms with van der Waals surface area (Å²) in [5, 5.41) is 0.574. The Hall–Kier alpha value is -3.90. The number of benzene rings is 3. The Morgan fingerprint density at radius 1 is 1.00 bits per heavy atom. The van der Waals surface area contributed by atoms with Crippen LogP contribution in [0, 0.1) is 6.92 Å². The molecule has 0 aromatic heterocycles. The Bertz CT molecular complexity index is 1240. The highest BCUT2D eigenvalue weighted by Crippen LogP contribution is 2.30. The van der Waals surface area contributed by atoms with Crippen molar-refractivity contribution in [2.24, 2.45) is 4.99 Å². The van der Waals surface area contributed by atoms with E-state index in [9.17, 15) is 9.59 Å². The molecule has 32 heavy (non-hydrogen) atoms. The van der Waals surface area contributed by atoms with Gasteiger partial charge in [-0.3, -0.25) is 0 Å². The molecule has 0 atom stereocenters. The molecule has 0 saturated heterocycles. The fraction of sp³-hybridized carbons (Fsp3) is 0.0800. The minimum atomic E-state index is -0.566. The normalized spacial score (nSPS) is 14.2. The van der Waals surface area contributed by atoms with E-state index in [-0.39, 0.29) is 17.3 Å². The highest BCUT2D eigenvalue weighted by atomic mass is 35.5. The van der Waals surface area contributed by atoms with Gasteiger partial charge in [-0.1, -0.05) is 35.4 Å². The SMILES string of the molecule is COc1cc(/C=C2\N=C(c3ccc(Cl)cc3)OC2=O)ccc1OC(=O)c1ccc(C)cc1. The lowest BCUT2D eigenvalue weighted by atomic mass is 10.1. The van der Waals surface area contributed by atoms with Crippen molar-refractivity contribution in [1.82, 2.24) is 0 Å². The van der Waals surface area contributed by atoms with Crippen molar-refractivity contribution in [3.63, 3.8) is 0 Å². The van der Waals surface area contributed by atoms with Gasteiger partial charge in [0.05, 0.1) is 12.7 Å². The van der Waals surface area contributed by atoms with Crippen molar-refractivity contribution in [1.29, 1.82) is 0 Å². The molecule has 0 spiro atoms. The van der Waals surface area contributed by atoms with E-state index >= 15 is 0 Å². The van der Waals surface area contributed by atoms with Crippen molar-refractivity contribution in [3.8, 4) is 11.5 Å². The lowest BCUT2D eigenvalue weighted by molar-refractivity contribution is -0.129. The number of aryl methyl sites for hydroxylation is 1. The van der Waals surface area contributed by atoms with Crippen LogP contribution < -0.4 is 9.47 Å². The zero-order valence-electron chi connectivity index (χ0n) is 17.3. The van der Waals surface area contributed by atoms with Crippen LogP contribution in [-0.2, 0) is 9.53 Å². The van der Waals surface area contributed by atoms with Crippen molar-refractivity contribution >= 4 is 35.5 Å². The molecule has 0 saturated carbocycles. The minimum absolute atomic E-state index is 0.140. The summed E-state index contributed by atoms with van der Waals surface area (Å²) in [6.45, 7) is 1.94. The molecular formula is C25H18ClNO5. The summed E-state index contributed by atoms with van der Waals surface area (Å²) in [6.07, 6.45) is 1.57. The van der Waals surface area contributed by atoms with Crippen LogP contribution in [-0.4, -0.2) is 24.9 Å². The van der Waals surface area contributed by atoms with E-state index in [1.807, 2.05) is 19.1 Å². The molecule has 6 nitrogen and oxygen atoms in total. The average molecular weight is 448 g/mol. The van der Waals surface area contributed by atoms with Crippen LogP contribution >= 0.6 is 11.6 Å². The lowest BCUT2D eigenvalue weighted by Crippen LogP contribution is -2.09.